The molecule has 1 saturated carbocycles. The Hall–Kier alpha value is -2.48. The number of nitro benzene ring substituents is 1. The van der Waals surface area contributed by atoms with E-state index in [1.807, 2.05) is 0 Å². The maximum atomic E-state index is 13.0. The number of hydrogen-bond acceptors (Lipinski definition) is 5. The molecule has 8 nitrogen and oxygen atoms in total. The third-order valence-electron chi connectivity index (χ3n) is 6.45. The van der Waals surface area contributed by atoms with Crippen molar-refractivity contribution in [2.24, 2.45) is 11.8 Å². The van der Waals surface area contributed by atoms with E-state index in [1.165, 1.54) is 18.9 Å². The molecule has 31 heavy (non-hydrogen) atoms. The Morgan fingerprint density at radius 1 is 1.16 bits per heavy atom. The van der Waals surface area contributed by atoms with Gasteiger partial charge in [0.15, 0.2) is 0 Å². The predicted octanol–water partition coefficient (Wildman–Crippen LogP) is 2.99. The molecule has 1 saturated heterocycles. The zero-order valence-corrected chi connectivity index (χ0v) is 18.8. The van der Waals surface area contributed by atoms with Crippen LogP contribution in [0.3, 0.4) is 0 Å². The normalized spacial score (nSPS) is 18.9. The van der Waals surface area contributed by atoms with Gasteiger partial charge in [0.05, 0.1) is 11.0 Å². The minimum atomic E-state index is -0.452. The van der Waals surface area contributed by atoms with Gasteiger partial charge in [-0.25, -0.2) is 0 Å². The molecule has 1 aliphatic carbocycles. The van der Waals surface area contributed by atoms with Gasteiger partial charge in [0.1, 0.15) is 0 Å². The first-order valence-electron chi connectivity index (χ1n) is 11.3. The lowest BCUT2D eigenvalue weighted by Crippen LogP contribution is -2.58. The average Bonchev–Trinajstić information content (AvgIpc) is 3.27. The molecule has 1 aromatic rings. The minimum absolute atomic E-state index is 0.0346. The van der Waals surface area contributed by atoms with Gasteiger partial charge >= 0.3 is 0 Å². The summed E-state index contributed by atoms with van der Waals surface area (Å²) in [6, 6.07) is 4.50. The molecule has 1 atom stereocenters. The van der Waals surface area contributed by atoms with Crippen molar-refractivity contribution in [3.8, 4) is 0 Å². The van der Waals surface area contributed by atoms with Gasteiger partial charge in [-0.15, -0.1) is 0 Å². The van der Waals surface area contributed by atoms with Gasteiger partial charge in [-0.3, -0.25) is 24.6 Å². The molecule has 1 aliphatic heterocycles. The fourth-order valence-electron chi connectivity index (χ4n) is 4.69. The highest BCUT2D eigenvalue weighted by molar-refractivity contribution is 5.95. The maximum Gasteiger partial charge on any atom is 0.273 e. The monoisotopic (exact) mass is 430 g/mol. The van der Waals surface area contributed by atoms with Crippen LogP contribution in [0.4, 0.5) is 5.69 Å². The summed E-state index contributed by atoms with van der Waals surface area (Å²) in [6.07, 6.45) is 4.49. The average molecular weight is 431 g/mol. The second-order valence-electron chi connectivity index (χ2n) is 9.21. The van der Waals surface area contributed by atoms with Crippen molar-refractivity contribution in [3.05, 3.63) is 39.4 Å². The van der Waals surface area contributed by atoms with E-state index in [0.717, 1.165) is 12.8 Å². The lowest BCUT2D eigenvalue weighted by Gasteiger charge is -2.40. The van der Waals surface area contributed by atoms with Crippen LogP contribution >= 0.6 is 0 Å². The second-order valence-corrected chi connectivity index (χ2v) is 9.21. The Bertz CT molecular complexity index is 812. The van der Waals surface area contributed by atoms with Crippen molar-refractivity contribution < 1.29 is 14.5 Å². The number of nitro groups is 1. The number of benzene rings is 1. The lowest BCUT2D eigenvalue weighted by atomic mass is 9.94. The van der Waals surface area contributed by atoms with Crippen LogP contribution in [0, 0.1) is 28.9 Å². The van der Waals surface area contributed by atoms with E-state index in [1.54, 1.807) is 24.0 Å². The molecule has 3 rings (SSSR count). The zero-order chi connectivity index (χ0) is 22.5. The van der Waals surface area contributed by atoms with E-state index >= 15 is 0 Å². The van der Waals surface area contributed by atoms with Gasteiger partial charge in [-0.2, -0.15) is 0 Å². The first-order valence-corrected chi connectivity index (χ1v) is 11.3. The molecule has 1 aromatic carbocycles. The molecule has 2 fully saturated rings. The second kappa shape index (κ2) is 10.2. The van der Waals surface area contributed by atoms with Crippen LogP contribution in [-0.2, 0) is 4.79 Å². The summed E-state index contributed by atoms with van der Waals surface area (Å²) in [5.74, 6) is 0.689. The summed E-state index contributed by atoms with van der Waals surface area (Å²) in [5.41, 5.74) is 0.846. The van der Waals surface area contributed by atoms with E-state index in [-0.39, 0.29) is 23.5 Å². The molecule has 1 N–H and O–H groups in total. The topological polar surface area (TPSA) is 95.8 Å². The number of aryl methyl sites for hydroxylation is 1. The van der Waals surface area contributed by atoms with Crippen LogP contribution in [0.1, 0.15) is 55.5 Å². The smallest absolute Gasteiger partial charge is 0.273 e. The molecule has 170 valence electrons. The minimum Gasteiger partial charge on any atom is -0.354 e. The van der Waals surface area contributed by atoms with E-state index < -0.39 is 4.92 Å². The van der Waals surface area contributed by atoms with E-state index in [4.69, 9.17) is 0 Å². The number of nitrogens with one attached hydrogen (secondary N) is 1. The Morgan fingerprint density at radius 3 is 2.39 bits per heavy atom. The Balaban J connectivity index is 1.66. The number of amides is 2. The van der Waals surface area contributed by atoms with Gasteiger partial charge in [-0.1, -0.05) is 32.8 Å². The summed E-state index contributed by atoms with van der Waals surface area (Å²) in [4.78, 5) is 40.7. The van der Waals surface area contributed by atoms with Crippen molar-refractivity contribution in [3.63, 3.8) is 0 Å². The molecule has 8 heteroatoms. The summed E-state index contributed by atoms with van der Waals surface area (Å²) in [7, 11) is 0. The largest absolute Gasteiger partial charge is 0.354 e. The van der Waals surface area contributed by atoms with Gasteiger partial charge in [0.2, 0.25) is 5.91 Å². The van der Waals surface area contributed by atoms with Crippen LogP contribution in [0.5, 0.6) is 0 Å². The van der Waals surface area contributed by atoms with Crippen LogP contribution < -0.4 is 5.32 Å². The van der Waals surface area contributed by atoms with Gasteiger partial charge in [0, 0.05) is 49.9 Å². The van der Waals surface area contributed by atoms with Crippen LogP contribution in [0.15, 0.2) is 18.2 Å². The first kappa shape index (κ1) is 23.2. The van der Waals surface area contributed by atoms with Crippen molar-refractivity contribution in [2.45, 2.75) is 52.5 Å². The SMILES string of the molecule is Cc1ccc(C(=O)N2CCN([C@@H](C(=O)NCC(C)C)C3CCCC3)CC2)cc1[N+](=O)[O-]. The molecule has 0 bridgehead atoms. The molecule has 0 unspecified atom stereocenters. The molecular formula is C23H34N4O4. The van der Waals surface area contributed by atoms with Crippen molar-refractivity contribution in [2.75, 3.05) is 32.7 Å². The highest BCUT2D eigenvalue weighted by atomic mass is 16.6. The first-order chi connectivity index (χ1) is 14.8. The van der Waals surface area contributed by atoms with Gasteiger partial charge in [0.25, 0.3) is 11.6 Å². The fraction of sp³-hybridized carbons (Fsp3) is 0.652. The third-order valence-corrected chi connectivity index (χ3v) is 6.45. The highest BCUT2D eigenvalue weighted by Gasteiger charge is 2.37. The number of hydrogen-bond donors (Lipinski definition) is 1. The van der Waals surface area contributed by atoms with Gasteiger partial charge in [-0.05, 0) is 37.7 Å². The molecule has 0 radical (unpaired) electrons. The molecule has 0 spiro atoms. The van der Waals surface area contributed by atoms with Gasteiger partial charge < -0.3 is 10.2 Å². The highest BCUT2D eigenvalue weighted by Crippen LogP contribution is 2.31. The Kier molecular flexibility index (Phi) is 7.64. The predicted molar refractivity (Wildman–Crippen MR) is 119 cm³/mol. The number of nitrogens with zero attached hydrogens (tertiary/aromatic N) is 3. The number of carbonyl (C=O) groups is 2. The molecule has 2 amide bonds. The standard InChI is InChI=1S/C23H34N4O4/c1-16(2)15-24-22(28)21(18-6-4-5-7-18)25-10-12-26(13-11-25)23(29)19-9-8-17(3)20(14-19)27(30)31/h8-9,14,16,18,21H,4-7,10-13,15H2,1-3H3,(H,24,28)/t21-/m1/s1. The van der Waals surface area contributed by atoms with Crippen LogP contribution in [0.25, 0.3) is 0 Å². The maximum absolute atomic E-state index is 13.0. The Labute approximate surface area is 184 Å². The third kappa shape index (κ3) is 5.61. The number of piperazine rings is 1. The van der Waals surface area contributed by atoms with Crippen molar-refractivity contribution >= 4 is 17.5 Å². The summed E-state index contributed by atoms with van der Waals surface area (Å²) < 4.78 is 0. The lowest BCUT2D eigenvalue weighted by molar-refractivity contribution is -0.385. The molecular weight excluding hydrogens is 396 g/mol. The van der Waals surface area contributed by atoms with Crippen molar-refractivity contribution in [1.82, 2.24) is 15.1 Å². The summed E-state index contributed by atoms with van der Waals surface area (Å²) in [5, 5.41) is 14.3. The quantitative estimate of drug-likeness (QED) is 0.530. The Morgan fingerprint density at radius 2 is 1.81 bits per heavy atom. The van der Waals surface area contributed by atoms with E-state index in [9.17, 15) is 19.7 Å². The zero-order valence-electron chi connectivity index (χ0n) is 18.8. The number of rotatable bonds is 7. The summed E-state index contributed by atoms with van der Waals surface area (Å²) in [6.45, 7) is 8.81. The van der Waals surface area contributed by atoms with Crippen molar-refractivity contribution in [1.29, 1.82) is 0 Å². The van der Waals surface area contributed by atoms with Crippen LogP contribution in [-0.4, -0.2) is 65.3 Å². The molecule has 2 aliphatic rings. The van der Waals surface area contributed by atoms with Crippen LogP contribution in [0.2, 0.25) is 0 Å². The summed E-state index contributed by atoms with van der Waals surface area (Å²) >= 11 is 0. The van der Waals surface area contributed by atoms with E-state index in [0.29, 0.717) is 55.7 Å². The molecule has 0 aromatic heterocycles. The molecule has 1 heterocycles. The fourth-order valence-corrected chi connectivity index (χ4v) is 4.69. The van der Waals surface area contributed by atoms with E-state index in [2.05, 4.69) is 24.1 Å². The number of carbonyl (C=O) groups excluding carboxylic acids is 2.